The van der Waals surface area contributed by atoms with Gasteiger partial charge in [-0.15, -0.1) is 0 Å². The van der Waals surface area contributed by atoms with Crippen LogP contribution in [0.5, 0.6) is 11.5 Å². The summed E-state index contributed by atoms with van der Waals surface area (Å²) in [7, 11) is 1.50. The Kier molecular flexibility index (Phi) is 7.25. The second-order valence-corrected chi connectivity index (χ2v) is 7.58. The molecule has 3 rings (SSSR count). The fourth-order valence-corrected chi connectivity index (χ4v) is 3.57. The van der Waals surface area contributed by atoms with Crippen molar-refractivity contribution < 1.29 is 23.8 Å². The van der Waals surface area contributed by atoms with Crippen molar-refractivity contribution >= 4 is 34.9 Å². The zero-order valence-corrected chi connectivity index (χ0v) is 18.4. The molecule has 0 heterocycles. The number of halogens is 3. The number of aromatic carboxylic acids is 1. The first-order valence-corrected chi connectivity index (χ1v) is 10.1. The Morgan fingerprint density at radius 1 is 1.13 bits per heavy atom. The number of carboxylic acid groups (broad SMARTS) is 1. The Bertz CT molecular complexity index is 1120. The lowest BCUT2D eigenvalue weighted by atomic mass is 10.1. The predicted octanol–water partition coefficient (Wildman–Crippen LogP) is 6.34. The van der Waals surface area contributed by atoms with Gasteiger partial charge >= 0.3 is 5.97 Å². The van der Waals surface area contributed by atoms with E-state index in [1.807, 2.05) is 6.07 Å². The van der Waals surface area contributed by atoms with E-state index in [-0.39, 0.29) is 17.2 Å². The summed E-state index contributed by atoms with van der Waals surface area (Å²) in [5.74, 6) is -0.630. The van der Waals surface area contributed by atoms with Crippen LogP contribution >= 0.6 is 23.2 Å². The molecule has 2 N–H and O–H groups in total. The van der Waals surface area contributed by atoms with Crippen LogP contribution in [0.2, 0.25) is 10.0 Å². The van der Waals surface area contributed by atoms with Gasteiger partial charge in [0.05, 0.1) is 22.7 Å². The molecule has 3 aromatic carbocycles. The zero-order chi connectivity index (χ0) is 22.5. The Morgan fingerprint density at radius 3 is 2.58 bits per heavy atom. The van der Waals surface area contributed by atoms with Crippen LogP contribution < -0.4 is 14.8 Å². The second-order valence-electron chi connectivity index (χ2n) is 6.77. The van der Waals surface area contributed by atoms with Gasteiger partial charge in [0, 0.05) is 17.8 Å². The van der Waals surface area contributed by atoms with E-state index in [4.69, 9.17) is 32.7 Å². The maximum Gasteiger partial charge on any atom is 0.336 e. The van der Waals surface area contributed by atoms with Gasteiger partial charge < -0.3 is 19.9 Å². The van der Waals surface area contributed by atoms with Gasteiger partial charge in [-0.3, -0.25) is 0 Å². The van der Waals surface area contributed by atoms with E-state index in [1.54, 1.807) is 37.3 Å². The first-order valence-electron chi connectivity index (χ1n) is 9.30. The SMILES string of the molecule is COc1cc(CNc2cccc(C(=O)O)c2C)cc(Cl)c1OCc1ccc(F)cc1Cl. The number of carboxylic acids is 1. The molecule has 3 aromatic rings. The van der Waals surface area contributed by atoms with Crippen molar-refractivity contribution in [3.63, 3.8) is 0 Å². The summed E-state index contributed by atoms with van der Waals surface area (Å²) in [5, 5.41) is 13.1. The van der Waals surface area contributed by atoms with Gasteiger partial charge in [0.1, 0.15) is 12.4 Å². The van der Waals surface area contributed by atoms with Crippen molar-refractivity contribution in [1.82, 2.24) is 0 Å². The molecule has 8 heteroatoms. The van der Waals surface area contributed by atoms with Crippen LogP contribution in [0.4, 0.5) is 10.1 Å². The largest absolute Gasteiger partial charge is 0.493 e. The first-order chi connectivity index (χ1) is 14.8. The van der Waals surface area contributed by atoms with E-state index in [1.165, 1.54) is 19.2 Å². The second kappa shape index (κ2) is 9.90. The molecule has 0 saturated heterocycles. The molecule has 31 heavy (non-hydrogen) atoms. The Hall–Kier alpha value is -2.96. The number of anilines is 1. The van der Waals surface area contributed by atoms with E-state index in [2.05, 4.69) is 5.32 Å². The maximum atomic E-state index is 13.2. The van der Waals surface area contributed by atoms with Crippen LogP contribution in [-0.2, 0) is 13.2 Å². The summed E-state index contributed by atoms with van der Waals surface area (Å²) < 4.78 is 24.4. The van der Waals surface area contributed by atoms with Crippen molar-refractivity contribution in [2.24, 2.45) is 0 Å². The number of methoxy groups -OCH3 is 1. The van der Waals surface area contributed by atoms with Gasteiger partial charge in [0.2, 0.25) is 0 Å². The van der Waals surface area contributed by atoms with Crippen molar-refractivity contribution in [1.29, 1.82) is 0 Å². The van der Waals surface area contributed by atoms with Crippen LogP contribution in [0.3, 0.4) is 0 Å². The average Bonchev–Trinajstić information content (AvgIpc) is 2.72. The zero-order valence-electron chi connectivity index (χ0n) is 16.8. The predicted molar refractivity (Wildman–Crippen MR) is 119 cm³/mol. The van der Waals surface area contributed by atoms with Crippen LogP contribution in [-0.4, -0.2) is 18.2 Å². The number of rotatable bonds is 8. The molecule has 0 saturated carbocycles. The molecule has 0 amide bonds. The third-order valence-corrected chi connectivity index (χ3v) is 5.36. The molecule has 5 nitrogen and oxygen atoms in total. The van der Waals surface area contributed by atoms with Crippen molar-refractivity contribution in [3.05, 3.63) is 86.6 Å². The van der Waals surface area contributed by atoms with E-state index in [9.17, 15) is 14.3 Å². The quantitative estimate of drug-likeness (QED) is 0.407. The van der Waals surface area contributed by atoms with Crippen LogP contribution in [0.25, 0.3) is 0 Å². The van der Waals surface area contributed by atoms with Gasteiger partial charge in [-0.25, -0.2) is 9.18 Å². The summed E-state index contributed by atoms with van der Waals surface area (Å²) >= 11 is 12.5. The van der Waals surface area contributed by atoms with Crippen LogP contribution in [0.15, 0.2) is 48.5 Å². The van der Waals surface area contributed by atoms with E-state index in [0.717, 1.165) is 5.56 Å². The first kappa shape index (κ1) is 22.7. The third-order valence-electron chi connectivity index (χ3n) is 4.72. The average molecular weight is 464 g/mol. The summed E-state index contributed by atoms with van der Waals surface area (Å²) in [6, 6.07) is 12.6. The Morgan fingerprint density at radius 2 is 1.90 bits per heavy atom. The molecule has 0 aromatic heterocycles. The van der Waals surface area contributed by atoms with E-state index in [0.29, 0.717) is 39.9 Å². The summed E-state index contributed by atoms with van der Waals surface area (Å²) in [4.78, 5) is 11.3. The molecule has 0 spiro atoms. The highest BCUT2D eigenvalue weighted by molar-refractivity contribution is 6.32. The van der Waals surface area contributed by atoms with Crippen molar-refractivity contribution in [3.8, 4) is 11.5 Å². The normalized spacial score (nSPS) is 10.6. The number of carbonyl (C=O) groups is 1. The third kappa shape index (κ3) is 5.40. The molecule has 0 aliphatic heterocycles. The molecule has 0 fully saturated rings. The standard InChI is InChI=1S/C23H20Cl2FNO4/c1-13-17(23(28)29)4-3-5-20(13)27-11-14-8-19(25)22(21(9-14)30-2)31-12-15-6-7-16(26)10-18(15)24/h3-10,27H,11-12H2,1-2H3,(H,28,29). The highest BCUT2D eigenvalue weighted by atomic mass is 35.5. The van der Waals surface area contributed by atoms with Crippen molar-refractivity contribution in [2.45, 2.75) is 20.1 Å². The number of hydrogen-bond donors (Lipinski definition) is 2. The summed E-state index contributed by atoms with van der Waals surface area (Å²) in [6.45, 7) is 2.23. The molecule has 162 valence electrons. The molecule has 0 bridgehead atoms. The minimum atomic E-state index is -0.978. The van der Waals surface area contributed by atoms with Gasteiger partial charge in [-0.05, 0) is 54.4 Å². The Balaban J connectivity index is 1.76. The topological polar surface area (TPSA) is 67.8 Å². The van der Waals surface area contributed by atoms with Gasteiger partial charge in [-0.1, -0.05) is 35.3 Å². The lowest BCUT2D eigenvalue weighted by molar-refractivity contribution is 0.0696. The minimum absolute atomic E-state index is 0.0912. The highest BCUT2D eigenvalue weighted by Crippen LogP contribution is 2.37. The number of benzene rings is 3. The highest BCUT2D eigenvalue weighted by Gasteiger charge is 2.15. The fraction of sp³-hybridized carbons (Fsp3) is 0.174. The van der Waals surface area contributed by atoms with E-state index < -0.39 is 11.8 Å². The van der Waals surface area contributed by atoms with Gasteiger partial charge in [0.15, 0.2) is 11.5 Å². The molecular formula is C23H20Cl2FNO4. The molecule has 0 aliphatic rings. The van der Waals surface area contributed by atoms with Crippen LogP contribution in [0.1, 0.15) is 27.0 Å². The molecule has 0 atom stereocenters. The van der Waals surface area contributed by atoms with E-state index >= 15 is 0 Å². The molecular weight excluding hydrogens is 444 g/mol. The lowest BCUT2D eigenvalue weighted by Crippen LogP contribution is -2.06. The Labute approximate surface area is 189 Å². The smallest absolute Gasteiger partial charge is 0.336 e. The minimum Gasteiger partial charge on any atom is -0.493 e. The number of hydrogen-bond acceptors (Lipinski definition) is 4. The lowest BCUT2D eigenvalue weighted by Gasteiger charge is -2.16. The van der Waals surface area contributed by atoms with Crippen molar-refractivity contribution in [2.75, 3.05) is 12.4 Å². The van der Waals surface area contributed by atoms with Crippen LogP contribution in [0, 0.1) is 12.7 Å². The summed E-state index contributed by atoms with van der Waals surface area (Å²) in [6.07, 6.45) is 0. The number of nitrogens with one attached hydrogen (secondary N) is 1. The molecule has 0 unspecified atom stereocenters. The maximum absolute atomic E-state index is 13.2. The monoisotopic (exact) mass is 463 g/mol. The summed E-state index contributed by atoms with van der Waals surface area (Å²) in [5.41, 5.74) is 3.02. The molecule has 0 aliphatic carbocycles. The van der Waals surface area contributed by atoms with Gasteiger partial charge in [0.25, 0.3) is 0 Å². The fourth-order valence-electron chi connectivity index (χ4n) is 3.06. The number of ether oxygens (including phenoxy) is 2. The van der Waals surface area contributed by atoms with Gasteiger partial charge in [-0.2, -0.15) is 0 Å². The molecule has 0 radical (unpaired) electrons.